The molecule has 6 heteroatoms. The molecule has 31 heavy (non-hydrogen) atoms. The minimum Gasteiger partial charge on any atom is -0.489 e. The number of nitrogens with one attached hydrogen (secondary N) is 1. The zero-order chi connectivity index (χ0) is 21.8. The second kappa shape index (κ2) is 9.25. The Morgan fingerprint density at radius 3 is 2.48 bits per heavy atom. The van der Waals surface area contributed by atoms with Gasteiger partial charge in [0, 0.05) is 18.3 Å². The first-order valence-electron chi connectivity index (χ1n) is 10.8. The molecule has 2 aromatic carbocycles. The molecule has 2 aromatic rings. The van der Waals surface area contributed by atoms with Gasteiger partial charge in [-0.3, -0.25) is 0 Å². The van der Waals surface area contributed by atoms with Crippen molar-refractivity contribution in [3.63, 3.8) is 0 Å². The fraction of sp³-hybridized carbons (Fsp3) is 0.360. The van der Waals surface area contributed by atoms with E-state index in [0.717, 1.165) is 36.8 Å². The number of esters is 1. The summed E-state index contributed by atoms with van der Waals surface area (Å²) in [5, 5.41) is 2.96. The van der Waals surface area contributed by atoms with Gasteiger partial charge in [0.05, 0.1) is 11.6 Å². The van der Waals surface area contributed by atoms with Crippen molar-refractivity contribution in [3.8, 4) is 5.75 Å². The lowest BCUT2D eigenvalue weighted by Crippen LogP contribution is -2.46. The summed E-state index contributed by atoms with van der Waals surface area (Å²) in [5.41, 5.74) is 2.81. The molecule has 0 bridgehead atoms. The number of nitrogens with zero attached hydrogens (tertiary/aromatic N) is 1. The maximum atomic E-state index is 13.2. The Kier molecular flexibility index (Phi) is 6.26. The van der Waals surface area contributed by atoms with Crippen LogP contribution in [0.3, 0.4) is 0 Å². The molecule has 1 N–H and O–H groups in total. The van der Waals surface area contributed by atoms with E-state index in [1.54, 1.807) is 14.0 Å². The van der Waals surface area contributed by atoms with Crippen molar-refractivity contribution in [3.05, 3.63) is 77.0 Å². The molecular weight excluding hydrogens is 392 g/mol. The standard InChI is InChI=1S/C25H28N2O4/c1-17-22(24(28)31-19-12-6-7-13-19)23(26-25(29)27(17)2)20-14-8-9-15-21(20)30-16-18-10-4-3-5-11-18/h3-5,8-11,14-15,19,23H,6-7,12-13,16H2,1-2H3,(H,26,29)/t23-/m0/s1. The van der Waals surface area contributed by atoms with E-state index in [9.17, 15) is 9.59 Å². The maximum absolute atomic E-state index is 13.2. The number of ether oxygens (including phenoxy) is 2. The van der Waals surface area contributed by atoms with Crippen molar-refractivity contribution in [1.29, 1.82) is 0 Å². The van der Waals surface area contributed by atoms with Gasteiger partial charge < -0.3 is 19.7 Å². The summed E-state index contributed by atoms with van der Waals surface area (Å²) in [4.78, 5) is 27.2. The number of carbonyl (C=O) groups is 2. The molecule has 1 heterocycles. The van der Waals surface area contributed by atoms with Crippen LogP contribution >= 0.6 is 0 Å². The Labute approximate surface area is 182 Å². The van der Waals surface area contributed by atoms with Crippen molar-refractivity contribution in [2.24, 2.45) is 0 Å². The Balaban J connectivity index is 1.64. The van der Waals surface area contributed by atoms with Crippen LogP contribution in [0.25, 0.3) is 0 Å². The van der Waals surface area contributed by atoms with Gasteiger partial charge in [0.25, 0.3) is 0 Å². The van der Waals surface area contributed by atoms with E-state index in [0.29, 0.717) is 23.6 Å². The molecule has 2 amide bonds. The summed E-state index contributed by atoms with van der Waals surface area (Å²) in [6, 6.07) is 16.5. The molecular formula is C25H28N2O4. The third-order valence-electron chi connectivity index (χ3n) is 6.02. The van der Waals surface area contributed by atoms with Gasteiger partial charge in [-0.25, -0.2) is 9.59 Å². The summed E-state index contributed by atoms with van der Waals surface area (Å²) in [6.07, 6.45) is 3.88. The average molecular weight is 421 g/mol. The van der Waals surface area contributed by atoms with E-state index in [-0.39, 0.29) is 18.1 Å². The van der Waals surface area contributed by atoms with Gasteiger partial charge in [0.15, 0.2) is 0 Å². The molecule has 0 unspecified atom stereocenters. The van der Waals surface area contributed by atoms with E-state index in [1.165, 1.54) is 4.90 Å². The predicted molar refractivity (Wildman–Crippen MR) is 117 cm³/mol. The molecule has 1 atom stereocenters. The molecule has 0 spiro atoms. The van der Waals surface area contributed by atoms with Crippen LogP contribution in [0.4, 0.5) is 4.79 Å². The molecule has 4 rings (SSSR count). The Morgan fingerprint density at radius 1 is 1.06 bits per heavy atom. The molecule has 162 valence electrons. The highest BCUT2D eigenvalue weighted by atomic mass is 16.5. The van der Waals surface area contributed by atoms with Crippen LogP contribution in [0, 0.1) is 0 Å². The third kappa shape index (κ3) is 4.58. The minimum absolute atomic E-state index is 0.0547. The monoisotopic (exact) mass is 420 g/mol. The van der Waals surface area contributed by atoms with Crippen LogP contribution in [0.5, 0.6) is 5.75 Å². The van der Waals surface area contributed by atoms with Gasteiger partial charge in [-0.05, 0) is 44.2 Å². The average Bonchev–Trinajstić information content (AvgIpc) is 3.29. The topological polar surface area (TPSA) is 67.9 Å². The minimum atomic E-state index is -0.635. The number of hydrogen-bond donors (Lipinski definition) is 1. The zero-order valence-electron chi connectivity index (χ0n) is 18.0. The van der Waals surface area contributed by atoms with E-state index in [2.05, 4.69) is 5.32 Å². The molecule has 6 nitrogen and oxygen atoms in total. The fourth-order valence-electron chi connectivity index (χ4n) is 4.14. The van der Waals surface area contributed by atoms with Gasteiger partial charge in [0.2, 0.25) is 0 Å². The van der Waals surface area contributed by atoms with Crippen LogP contribution in [-0.2, 0) is 16.1 Å². The van der Waals surface area contributed by atoms with Crippen molar-refractivity contribution < 1.29 is 19.1 Å². The summed E-state index contributed by atoms with van der Waals surface area (Å²) in [6.45, 7) is 2.17. The van der Waals surface area contributed by atoms with Gasteiger partial charge in [-0.1, -0.05) is 48.5 Å². The Bertz CT molecular complexity index is 980. The molecule has 1 aliphatic carbocycles. The number of amides is 2. The summed E-state index contributed by atoms with van der Waals surface area (Å²) >= 11 is 0. The normalized spacial score (nSPS) is 19.4. The molecule has 1 fully saturated rings. The van der Waals surface area contributed by atoms with Gasteiger partial charge >= 0.3 is 12.0 Å². The number of rotatable bonds is 6. The smallest absolute Gasteiger partial charge is 0.338 e. The maximum Gasteiger partial charge on any atom is 0.338 e. The molecule has 1 saturated carbocycles. The molecule has 0 radical (unpaired) electrons. The number of allylic oxidation sites excluding steroid dienone is 1. The van der Waals surface area contributed by atoms with Crippen LogP contribution < -0.4 is 10.1 Å². The number of para-hydroxylation sites is 1. The van der Waals surface area contributed by atoms with Crippen molar-refractivity contribution in [2.45, 2.75) is 51.4 Å². The fourth-order valence-corrected chi connectivity index (χ4v) is 4.14. The van der Waals surface area contributed by atoms with E-state index in [1.807, 2.05) is 54.6 Å². The van der Waals surface area contributed by atoms with E-state index < -0.39 is 6.04 Å². The lowest BCUT2D eigenvalue weighted by atomic mass is 9.94. The van der Waals surface area contributed by atoms with E-state index >= 15 is 0 Å². The number of hydrogen-bond acceptors (Lipinski definition) is 4. The van der Waals surface area contributed by atoms with Crippen LogP contribution in [0.15, 0.2) is 65.9 Å². The van der Waals surface area contributed by atoms with Crippen molar-refractivity contribution >= 4 is 12.0 Å². The molecule has 0 aromatic heterocycles. The summed E-state index contributed by atoms with van der Waals surface area (Å²) in [5.74, 6) is 0.249. The van der Waals surface area contributed by atoms with Gasteiger partial charge in [-0.15, -0.1) is 0 Å². The highest BCUT2D eigenvalue weighted by Crippen LogP contribution is 2.36. The highest BCUT2D eigenvalue weighted by Gasteiger charge is 2.37. The first kappa shape index (κ1) is 21.0. The molecule has 1 aliphatic heterocycles. The molecule has 2 aliphatic rings. The first-order chi connectivity index (χ1) is 15.0. The zero-order valence-corrected chi connectivity index (χ0v) is 18.0. The van der Waals surface area contributed by atoms with Crippen LogP contribution in [0.2, 0.25) is 0 Å². The molecule has 0 saturated heterocycles. The van der Waals surface area contributed by atoms with Crippen LogP contribution in [0.1, 0.15) is 49.8 Å². The Hall–Kier alpha value is -3.28. The number of carbonyl (C=O) groups excluding carboxylic acids is 2. The van der Waals surface area contributed by atoms with Gasteiger partial charge in [-0.2, -0.15) is 0 Å². The highest BCUT2D eigenvalue weighted by molar-refractivity contribution is 5.95. The Morgan fingerprint density at radius 2 is 1.74 bits per heavy atom. The van der Waals surface area contributed by atoms with Crippen molar-refractivity contribution in [2.75, 3.05) is 7.05 Å². The SMILES string of the molecule is CC1=C(C(=O)OC2CCCC2)[C@H](c2ccccc2OCc2ccccc2)NC(=O)N1C. The quantitative estimate of drug-likeness (QED) is 0.687. The largest absolute Gasteiger partial charge is 0.489 e. The second-order valence-corrected chi connectivity index (χ2v) is 8.06. The lowest BCUT2D eigenvalue weighted by Gasteiger charge is -2.34. The van der Waals surface area contributed by atoms with E-state index in [4.69, 9.17) is 9.47 Å². The summed E-state index contributed by atoms with van der Waals surface area (Å²) < 4.78 is 11.9. The predicted octanol–water partition coefficient (Wildman–Crippen LogP) is 4.72. The number of benzene rings is 2. The summed E-state index contributed by atoms with van der Waals surface area (Å²) in [7, 11) is 1.65. The second-order valence-electron chi connectivity index (χ2n) is 8.06. The first-order valence-corrected chi connectivity index (χ1v) is 10.8. The number of urea groups is 1. The third-order valence-corrected chi connectivity index (χ3v) is 6.02. The lowest BCUT2D eigenvalue weighted by molar-refractivity contribution is -0.144. The van der Waals surface area contributed by atoms with Crippen molar-refractivity contribution in [1.82, 2.24) is 10.2 Å². The van der Waals surface area contributed by atoms with Crippen LogP contribution in [-0.4, -0.2) is 30.1 Å². The van der Waals surface area contributed by atoms with Gasteiger partial charge in [0.1, 0.15) is 18.5 Å².